The molecule has 0 aliphatic rings. The monoisotopic (exact) mass is 329 g/mol. The molecule has 0 spiro atoms. The fourth-order valence-electron chi connectivity index (χ4n) is 2.09. The van der Waals surface area contributed by atoms with Gasteiger partial charge in [0.1, 0.15) is 0 Å². The number of aryl methyl sites for hydroxylation is 1. The average molecular weight is 329 g/mol. The Morgan fingerprint density at radius 2 is 1.70 bits per heavy atom. The topological polar surface area (TPSA) is 75.4 Å². The van der Waals surface area contributed by atoms with Crippen molar-refractivity contribution in [3.8, 4) is 0 Å². The van der Waals surface area contributed by atoms with E-state index in [9.17, 15) is 9.59 Å². The summed E-state index contributed by atoms with van der Waals surface area (Å²) in [5, 5.41) is 2.81. The summed E-state index contributed by atoms with van der Waals surface area (Å²) in [6.45, 7) is 0.560. The highest BCUT2D eigenvalue weighted by atomic mass is 32.1. The number of hydrogen-bond acceptors (Lipinski definition) is 3. The van der Waals surface area contributed by atoms with Crippen LogP contribution >= 0.6 is 12.8 Å². The zero-order valence-electron chi connectivity index (χ0n) is 12.6. The molecule has 0 aliphatic carbocycles. The molecule has 2 aromatic rings. The molecular weight excluding hydrogens is 310 g/mol. The minimum absolute atomic E-state index is 0.312. The molecule has 120 valence electrons. The number of nitrogens with one attached hydrogen (secondary N) is 1. The summed E-state index contributed by atoms with van der Waals surface area (Å²) in [6.07, 6.45) is 1.75. The molecule has 0 heterocycles. The molecule has 2 rings (SSSR count). The van der Waals surface area contributed by atoms with Gasteiger partial charge in [0.25, 0.3) is 0 Å². The van der Waals surface area contributed by atoms with E-state index < -0.39 is 5.91 Å². The molecule has 0 aliphatic heterocycles. The van der Waals surface area contributed by atoms with E-state index in [1.807, 2.05) is 18.2 Å². The van der Waals surface area contributed by atoms with Gasteiger partial charge in [0.05, 0.1) is 5.69 Å². The van der Waals surface area contributed by atoms with Gasteiger partial charge in [0.15, 0.2) is 0 Å². The maximum Gasteiger partial charge on any atom is 0.331 e. The van der Waals surface area contributed by atoms with Crippen molar-refractivity contribution in [2.75, 3.05) is 10.8 Å². The van der Waals surface area contributed by atoms with Gasteiger partial charge in [0.2, 0.25) is 5.91 Å². The van der Waals surface area contributed by atoms with Crippen LogP contribution in [-0.4, -0.2) is 18.5 Å². The Kier molecular flexibility index (Phi) is 6.05. The van der Waals surface area contributed by atoms with Gasteiger partial charge in [0, 0.05) is 12.1 Å². The lowest BCUT2D eigenvalue weighted by Crippen LogP contribution is -2.34. The Morgan fingerprint density at radius 1 is 1.04 bits per heavy atom. The summed E-state index contributed by atoms with van der Waals surface area (Å²) in [6, 6.07) is 16.2. The molecule has 3 amide bonds. The van der Waals surface area contributed by atoms with Crippen LogP contribution in [0.4, 0.5) is 10.5 Å². The number of hydrogen-bond donors (Lipinski definition) is 3. The normalized spacial score (nSPS) is 10.1. The lowest BCUT2D eigenvalue weighted by Gasteiger charge is -2.16. The molecule has 0 atom stereocenters. The number of carbonyl (C=O) groups excluding carboxylic acids is 2. The van der Waals surface area contributed by atoms with Crippen molar-refractivity contribution in [3.63, 3.8) is 0 Å². The largest absolute Gasteiger partial charge is 0.366 e. The summed E-state index contributed by atoms with van der Waals surface area (Å²) in [5.74, 6) is -0.507. The SMILES string of the molecule is NC(=O)c1ccc(N(S)C(=O)NCCCc2ccccc2)cc1. The number of rotatable bonds is 6. The zero-order chi connectivity index (χ0) is 16.7. The lowest BCUT2D eigenvalue weighted by atomic mass is 10.1. The fourth-order valence-corrected chi connectivity index (χ4v) is 2.30. The molecule has 0 bridgehead atoms. The second-order valence-electron chi connectivity index (χ2n) is 5.04. The summed E-state index contributed by atoms with van der Waals surface area (Å²) in [5.41, 5.74) is 7.38. The van der Waals surface area contributed by atoms with Gasteiger partial charge in [-0.1, -0.05) is 43.1 Å². The first-order valence-corrected chi connectivity index (χ1v) is 7.68. The molecule has 0 saturated heterocycles. The van der Waals surface area contributed by atoms with E-state index in [0.717, 1.165) is 12.8 Å². The van der Waals surface area contributed by atoms with Crippen molar-refractivity contribution < 1.29 is 9.59 Å². The van der Waals surface area contributed by atoms with Crippen LogP contribution in [0, 0.1) is 0 Å². The summed E-state index contributed by atoms with van der Waals surface area (Å²) in [7, 11) is 0. The fraction of sp³-hybridized carbons (Fsp3) is 0.176. The van der Waals surface area contributed by atoms with Crippen LogP contribution in [-0.2, 0) is 6.42 Å². The minimum Gasteiger partial charge on any atom is -0.366 e. The second kappa shape index (κ2) is 8.24. The average Bonchev–Trinajstić information content (AvgIpc) is 2.59. The molecule has 0 saturated carbocycles. The van der Waals surface area contributed by atoms with Crippen LogP contribution in [0.15, 0.2) is 54.6 Å². The van der Waals surface area contributed by atoms with E-state index >= 15 is 0 Å². The molecule has 0 fully saturated rings. The van der Waals surface area contributed by atoms with Crippen LogP contribution in [0.5, 0.6) is 0 Å². The van der Waals surface area contributed by atoms with Gasteiger partial charge < -0.3 is 11.1 Å². The number of thiol groups is 1. The van der Waals surface area contributed by atoms with Crippen molar-refractivity contribution in [2.24, 2.45) is 5.73 Å². The molecule has 0 unspecified atom stereocenters. The Balaban J connectivity index is 1.79. The van der Waals surface area contributed by atoms with Gasteiger partial charge in [-0.3, -0.25) is 4.79 Å². The van der Waals surface area contributed by atoms with Gasteiger partial charge >= 0.3 is 6.03 Å². The Morgan fingerprint density at radius 3 is 2.30 bits per heavy atom. The van der Waals surface area contributed by atoms with Crippen LogP contribution in [0.3, 0.4) is 0 Å². The van der Waals surface area contributed by atoms with E-state index in [1.165, 1.54) is 9.87 Å². The smallest absolute Gasteiger partial charge is 0.331 e. The molecule has 2 aromatic carbocycles. The third-order valence-corrected chi connectivity index (χ3v) is 3.76. The first kappa shape index (κ1) is 16.9. The predicted octanol–water partition coefficient (Wildman–Crippen LogP) is 2.78. The van der Waals surface area contributed by atoms with Gasteiger partial charge in [-0.25, -0.2) is 9.10 Å². The third-order valence-electron chi connectivity index (χ3n) is 3.35. The zero-order valence-corrected chi connectivity index (χ0v) is 13.5. The van der Waals surface area contributed by atoms with Crippen LogP contribution in [0.1, 0.15) is 22.3 Å². The van der Waals surface area contributed by atoms with E-state index in [1.54, 1.807) is 24.3 Å². The van der Waals surface area contributed by atoms with Crippen molar-refractivity contribution in [1.29, 1.82) is 0 Å². The molecule has 0 radical (unpaired) electrons. The van der Waals surface area contributed by atoms with Gasteiger partial charge in [-0.05, 0) is 42.7 Å². The van der Waals surface area contributed by atoms with Crippen LogP contribution < -0.4 is 15.4 Å². The van der Waals surface area contributed by atoms with Crippen molar-refractivity contribution in [3.05, 3.63) is 65.7 Å². The highest BCUT2D eigenvalue weighted by Crippen LogP contribution is 2.17. The number of amides is 3. The quantitative estimate of drug-likeness (QED) is 0.563. The summed E-state index contributed by atoms with van der Waals surface area (Å²) in [4.78, 5) is 23.0. The molecule has 3 N–H and O–H groups in total. The Labute approximate surface area is 141 Å². The summed E-state index contributed by atoms with van der Waals surface area (Å²) < 4.78 is 1.20. The van der Waals surface area contributed by atoms with Gasteiger partial charge in [-0.15, -0.1) is 0 Å². The third kappa shape index (κ3) is 5.03. The van der Waals surface area contributed by atoms with E-state index in [4.69, 9.17) is 5.73 Å². The highest BCUT2D eigenvalue weighted by molar-refractivity contribution is 7.82. The number of nitrogens with zero attached hydrogens (tertiary/aromatic N) is 1. The molecule has 0 aromatic heterocycles. The first-order valence-electron chi connectivity index (χ1n) is 7.28. The Bertz CT molecular complexity index is 659. The standard InChI is InChI=1S/C17H19N3O2S/c18-16(21)14-8-10-15(11-9-14)20(23)17(22)19-12-4-7-13-5-2-1-3-6-13/h1-3,5-6,8-11,23H,4,7,12H2,(H2,18,21)(H,19,22). The molecule has 6 heteroatoms. The maximum atomic E-state index is 12.0. The maximum absolute atomic E-state index is 12.0. The Hall–Kier alpha value is -2.47. The number of urea groups is 1. The van der Waals surface area contributed by atoms with Crippen molar-refractivity contribution in [2.45, 2.75) is 12.8 Å². The number of primary amides is 1. The van der Waals surface area contributed by atoms with Crippen molar-refractivity contribution in [1.82, 2.24) is 5.32 Å². The number of nitrogens with two attached hydrogens (primary N) is 1. The van der Waals surface area contributed by atoms with Crippen LogP contribution in [0.2, 0.25) is 0 Å². The van der Waals surface area contributed by atoms with E-state index in [0.29, 0.717) is 17.8 Å². The second-order valence-corrected chi connectivity index (χ2v) is 5.44. The van der Waals surface area contributed by atoms with E-state index in [-0.39, 0.29) is 6.03 Å². The molecule has 23 heavy (non-hydrogen) atoms. The van der Waals surface area contributed by atoms with Crippen molar-refractivity contribution >= 4 is 30.4 Å². The van der Waals surface area contributed by atoms with E-state index in [2.05, 4.69) is 30.3 Å². The predicted molar refractivity (Wildman–Crippen MR) is 94.6 cm³/mol. The molecular formula is C17H19N3O2S. The summed E-state index contributed by atoms with van der Waals surface area (Å²) >= 11 is 4.18. The lowest BCUT2D eigenvalue weighted by molar-refractivity contribution is 0.100. The van der Waals surface area contributed by atoms with Gasteiger partial charge in [-0.2, -0.15) is 0 Å². The number of benzene rings is 2. The number of carbonyl (C=O) groups is 2. The van der Waals surface area contributed by atoms with Crippen LogP contribution in [0.25, 0.3) is 0 Å². The number of anilines is 1. The first-order chi connectivity index (χ1) is 11.1. The molecule has 5 nitrogen and oxygen atoms in total. The minimum atomic E-state index is -0.507. The highest BCUT2D eigenvalue weighted by Gasteiger charge is 2.11.